The summed E-state index contributed by atoms with van der Waals surface area (Å²) in [7, 11) is 0. The van der Waals surface area contributed by atoms with E-state index in [9.17, 15) is 0 Å². The zero-order valence-corrected chi connectivity index (χ0v) is 9.47. The second-order valence-corrected chi connectivity index (χ2v) is 0.894. The van der Waals surface area contributed by atoms with Crippen LogP contribution >= 0.6 is 17.0 Å². The van der Waals surface area contributed by atoms with E-state index in [0.717, 1.165) is 0 Å². The summed E-state index contributed by atoms with van der Waals surface area (Å²) >= 11 is 0. The van der Waals surface area contributed by atoms with Crippen LogP contribution in [-0.2, 0) is 0 Å². The predicted octanol–water partition coefficient (Wildman–Crippen LogP) is 1.58. The Bertz CT molecular complexity index is 36.0. The van der Waals surface area contributed by atoms with Gasteiger partial charge in [-0.15, -0.1) is 17.0 Å². The summed E-state index contributed by atoms with van der Waals surface area (Å²) in [6.07, 6.45) is 4.68. The number of aliphatic hydroxyl groups is 1. The van der Waals surface area contributed by atoms with E-state index in [-0.39, 0.29) is 46.6 Å². The van der Waals surface area contributed by atoms with Gasteiger partial charge in [0.05, 0.1) is 0 Å². The molecule has 0 aliphatic rings. The van der Waals surface area contributed by atoms with Crippen molar-refractivity contribution >= 4 is 40.0 Å². The first-order valence-corrected chi connectivity index (χ1v) is 2.39. The van der Waals surface area contributed by atoms with Gasteiger partial charge in [0.1, 0.15) is 0 Å². The topological polar surface area (TPSA) is 20.2 Å². The molecule has 1 N–H and O–H groups in total. The molecule has 0 aliphatic carbocycles. The molecule has 0 heterocycles. The van der Waals surface area contributed by atoms with Crippen LogP contribution in [0.2, 0.25) is 0 Å². The zero-order chi connectivity index (χ0) is 6.12. The maximum atomic E-state index is 7.57. The molecule has 0 bridgehead atoms. The number of halogens is 1. The molecule has 0 amide bonds. The van der Waals surface area contributed by atoms with Crippen LogP contribution in [0.5, 0.6) is 0 Å². The van der Waals surface area contributed by atoms with Crippen LogP contribution in [0.15, 0.2) is 6.08 Å². The van der Waals surface area contributed by atoms with E-state index in [1.54, 1.807) is 6.92 Å². The van der Waals surface area contributed by atoms with Gasteiger partial charge in [-0.05, 0) is 6.92 Å². The van der Waals surface area contributed by atoms with E-state index < -0.39 is 0 Å². The van der Waals surface area contributed by atoms with Crippen LogP contribution in [0.3, 0.4) is 0 Å². The van der Waals surface area contributed by atoms with Crippen LogP contribution in [-0.4, -0.2) is 34.8 Å². The molecule has 0 aromatic carbocycles. The van der Waals surface area contributed by atoms with Crippen molar-refractivity contribution in [2.75, 3.05) is 6.61 Å². The van der Waals surface area contributed by atoms with Crippen LogP contribution in [0.25, 0.3) is 0 Å². The molecular formula is C6H14BrMgO+. The van der Waals surface area contributed by atoms with E-state index in [1.807, 2.05) is 19.9 Å². The molecule has 0 atom stereocenters. The molecule has 9 heavy (non-hydrogen) atoms. The molecule has 3 heteroatoms. The normalized spacial score (nSPS) is 6.22. The van der Waals surface area contributed by atoms with Gasteiger partial charge in [0.15, 0.2) is 0 Å². The summed E-state index contributed by atoms with van der Waals surface area (Å²) < 4.78 is 0. The first kappa shape index (κ1) is 22.5. The summed E-state index contributed by atoms with van der Waals surface area (Å²) in [5, 5.41) is 7.57. The third-order valence-corrected chi connectivity index (χ3v) is 0.289. The van der Waals surface area contributed by atoms with Gasteiger partial charge in [0.2, 0.25) is 0 Å². The maximum Gasteiger partial charge on any atom is 2.00 e. The number of hydrogen-bond acceptors (Lipinski definition) is 1. The van der Waals surface area contributed by atoms with Crippen LogP contribution < -0.4 is 0 Å². The monoisotopic (exact) mass is 205 g/mol. The molecule has 0 aliphatic heterocycles. The van der Waals surface area contributed by atoms with E-state index >= 15 is 0 Å². The Labute approximate surface area is 84.5 Å². The molecule has 0 spiro atoms. The SMILES string of the molecule is Br.CCO.C[C-]=CC.[Mg+2]. The summed E-state index contributed by atoms with van der Waals surface area (Å²) in [6.45, 7) is 5.75. The Hall–Kier alpha value is 0.946. The fraction of sp³-hybridized carbons (Fsp3) is 0.667. The van der Waals surface area contributed by atoms with Crippen LogP contribution in [0, 0.1) is 6.08 Å². The third-order valence-electron chi connectivity index (χ3n) is 0.289. The van der Waals surface area contributed by atoms with Gasteiger partial charge in [0, 0.05) is 6.61 Å². The Balaban J connectivity index is -0.0000000233. The van der Waals surface area contributed by atoms with Crippen molar-refractivity contribution in [3.05, 3.63) is 12.2 Å². The van der Waals surface area contributed by atoms with Crippen molar-refractivity contribution in [2.24, 2.45) is 0 Å². The van der Waals surface area contributed by atoms with Gasteiger partial charge >= 0.3 is 23.1 Å². The summed E-state index contributed by atoms with van der Waals surface area (Å²) in [5.74, 6) is 0. The minimum atomic E-state index is 0. The smallest absolute Gasteiger partial charge is 0.504 e. The molecule has 0 saturated heterocycles. The first-order chi connectivity index (χ1) is 3.33. The van der Waals surface area contributed by atoms with Crippen LogP contribution in [0.4, 0.5) is 0 Å². The van der Waals surface area contributed by atoms with Gasteiger partial charge in [0.25, 0.3) is 0 Å². The fourth-order valence-corrected chi connectivity index (χ4v) is 0. The Kier molecular flexibility index (Phi) is 90.7. The largest absolute Gasteiger partial charge is 2.00 e. The molecule has 0 saturated carbocycles. The van der Waals surface area contributed by atoms with E-state index in [4.69, 9.17) is 5.11 Å². The number of rotatable bonds is 0. The molecule has 0 radical (unpaired) electrons. The van der Waals surface area contributed by atoms with Crippen molar-refractivity contribution in [2.45, 2.75) is 20.8 Å². The third kappa shape index (κ3) is 114. The van der Waals surface area contributed by atoms with Crippen molar-refractivity contribution in [3.8, 4) is 0 Å². The predicted molar refractivity (Wildman–Crippen MR) is 48.0 cm³/mol. The van der Waals surface area contributed by atoms with Gasteiger partial charge < -0.3 is 11.2 Å². The molecule has 0 unspecified atom stereocenters. The van der Waals surface area contributed by atoms with E-state index in [2.05, 4.69) is 6.08 Å². The maximum absolute atomic E-state index is 7.57. The minimum absolute atomic E-state index is 0. The quantitative estimate of drug-likeness (QED) is 0.471. The molecule has 0 fully saturated rings. The van der Waals surface area contributed by atoms with Gasteiger partial charge in [-0.1, -0.05) is 6.92 Å². The van der Waals surface area contributed by atoms with Crippen molar-refractivity contribution in [1.29, 1.82) is 0 Å². The molecule has 0 rings (SSSR count). The molecule has 52 valence electrons. The summed E-state index contributed by atoms with van der Waals surface area (Å²) in [6, 6.07) is 0. The average molecular weight is 206 g/mol. The van der Waals surface area contributed by atoms with Gasteiger partial charge in [-0.25, -0.2) is 0 Å². The standard InChI is InChI=1S/C4H7.C2H6O.BrH.Mg/c1-3-4-2;1-2-3;;/h3H,1-2H3;3H,2H2,1H3;1H;/q-1;;;+2. The van der Waals surface area contributed by atoms with E-state index in [1.165, 1.54) is 0 Å². The Morgan fingerprint density at radius 2 is 1.67 bits per heavy atom. The fourth-order valence-electron chi connectivity index (χ4n) is 0. The molecule has 0 aromatic rings. The molecule has 1 nitrogen and oxygen atoms in total. The second kappa shape index (κ2) is 36.3. The van der Waals surface area contributed by atoms with Crippen molar-refractivity contribution < 1.29 is 5.11 Å². The average Bonchev–Trinajstić information content (AvgIpc) is 1.69. The molecule has 0 aromatic heterocycles. The Morgan fingerprint density at radius 1 is 1.56 bits per heavy atom. The van der Waals surface area contributed by atoms with Crippen LogP contribution in [0.1, 0.15) is 20.8 Å². The minimum Gasteiger partial charge on any atom is -0.504 e. The van der Waals surface area contributed by atoms with Crippen molar-refractivity contribution in [3.63, 3.8) is 0 Å². The second-order valence-electron chi connectivity index (χ2n) is 0.894. The Morgan fingerprint density at radius 3 is 1.67 bits per heavy atom. The summed E-state index contributed by atoms with van der Waals surface area (Å²) in [4.78, 5) is 0. The van der Waals surface area contributed by atoms with Crippen molar-refractivity contribution in [1.82, 2.24) is 0 Å². The number of allylic oxidation sites excluding steroid dienone is 2. The van der Waals surface area contributed by atoms with Gasteiger partial charge in [-0.2, -0.15) is 6.92 Å². The zero-order valence-electron chi connectivity index (χ0n) is 6.35. The number of aliphatic hydroxyl groups excluding tert-OH is 1. The molecular weight excluding hydrogens is 192 g/mol. The number of hydrogen-bond donors (Lipinski definition) is 1. The van der Waals surface area contributed by atoms with E-state index in [0.29, 0.717) is 0 Å². The first-order valence-electron chi connectivity index (χ1n) is 2.39. The van der Waals surface area contributed by atoms with Gasteiger partial charge in [-0.3, -0.25) is 6.08 Å². The summed E-state index contributed by atoms with van der Waals surface area (Å²) in [5.41, 5.74) is 0.